The molecule has 1 saturated heterocycles. The second-order valence-electron chi connectivity index (χ2n) is 10.0. The van der Waals surface area contributed by atoms with Crippen LogP contribution in [-0.4, -0.2) is 67.2 Å². The van der Waals surface area contributed by atoms with Crippen LogP contribution in [0.5, 0.6) is 5.75 Å². The van der Waals surface area contributed by atoms with Crippen LogP contribution in [-0.2, 0) is 0 Å². The third-order valence-electron chi connectivity index (χ3n) is 7.44. The molecule has 35 heavy (non-hydrogen) atoms. The van der Waals surface area contributed by atoms with Gasteiger partial charge in [0.15, 0.2) is 0 Å². The topological polar surface area (TPSA) is 43.5 Å². The van der Waals surface area contributed by atoms with E-state index in [0.717, 1.165) is 36.8 Å². The average molecular weight is 513 g/mol. The lowest BCUT2D eigenvalue weighted by molar-refractivity contribution is 0.145. The Morgan fingerprint density at radius 1 is 1.09 bits per heavy atom. The average Bonchev–Trinajstić information content (AvgIpc) is 3.30. The Morgan fingerprint density at radius 3 is 2.74 bits per heavy atom. The summed E-state index contributed by atoms with van der Waals surface area (Å²) < 4.78 is 9.72. The number of aromatic amines is 1. The van der Waals surface area contributed by atoms with Crippen LogP contribution < -0.4 is 9.46 Å². The molecular formula is C28H37ClN4OS. The third-order valence-corrected chi connectivity index (χ3v) is 8.63. The number of ether oxygens (including phenoxy) is 1. The van der Waals surface area contributed by atoms with Gasteiger partial charge in [-0.15, -0.1) is 0 Å². The fourth-order valence-electron chi connectivity index (χ4n) is 5.34. The highest BCUT2D eigenvalue weighted by molar-refractivity contribution is 7.97. The van der Waals surface area contributed by atoms with Gasteiger partial charge in [-0.3, -0.25) is 4.72 Å². The molecule has 5 rings (SSSR count). The summed E-state index contributed by atoms with van der Waals surface area (Å²) >= 11 is 8.02. The number of benzene rings is 2. The molecular weight excluding hydrogens is 476 g/mol. The summed E-state index contributed by atoms with van der Waals surface area (Å²) in [6.45, 7) is 6.60. The van der Waals surface area contributed by atoms with Crippen molar-refractivity contribution < 1.29 is 4.74 Å². The number of hydrogen-bond donors (Lipinski definition) is 2. The van der Waals surface area contributed by atoms with Gasteiger partial charge in [0.25, 0.3) is 0 Å². The second kappa shape index (κ2) is 12.0. The lowest BCUT2D eigenvalue weighted by Gasteiger charge is -2.32. The number of nitrogens with zero attached hydrogens (tertiary/aromatic N) is 2. The summed E-state index contributed by atoms with van der Waals surface area (Å²) in [7, 11) is 2.20. The molecule has 2 aromatic carbocycles. The Morgan fingerprint density at radius 2 is 1.91 bits per heavy atom. The summed E-state index contributed by atoms with van der Waals surface area (Å²) in [4.78, 5) is 9.60. The van der Waals surface area contributed by atoms with Crippen molar-refractivity contribution in [2.24, 2.45) is 0 Å². The van der Waals surface area contributed by atoms with E-state index in [4.69, 9.17) is 16.3 Å². The highest BCUT2D eigenvalue weighted by atomic mass is 35.5. The zero-order chi connectivity index (χ0) is 24.0. The zero-order valence-electron chi connectivity index (χ0n) is 20.6. The number of likely N-dealkylation sites (N-methyl/N-ethyl adjacent to an activating group) is 1. The first-order chi connectivity index (χ1) is 17.1. The van der Waals surface area contributed by atoms with Crippen LogP contribution in [0.3, 0.4) is 0 Å². The van der Waals surface area contributed by atoms with Crippen LogP contribution in [0.2, 0.25) is 5.02 Å². The molecule has 0 radical (unpaired) electrons. The van der Waals surface area contributed by atoms with Gasteiger partial charge in [-0.1, -0.05) is 18.0 Å². The smallest absolute Gasteiger partial charge is 0.119 e. The lowest BCUT2D eigenvalue weighted by atomic mass is 9.81. The van der Waals surface area contributed by atoms with Gasteiger partial charge < -0.3 is 19.5 Å². The minimum atomic E-state index is 0.508. The van der Waals surface area contributed by atoms with Gasteiger partial charge in [-0.05, 0) is 98.6 Å². The molecule has 3 aromatic rings. The standard InChI is InChI=1S/C28H37ClN4OS/c1-32-13-15-33(16-14-32)12-3-17-34-24-7-9-25(10-8-24)35-31-23-5-2-4-21(18-23)27-20-30-28-11-6-22(29)19-26(27)28/h6-11,19-21,23,30-31H,2-5,12-18H2,1H3. The van der Waals surface area contributed by atoms with Crippen LogP contribution in [0.1, 0.15) is 43.6 Å². The number of aromatic nitrogens is 1. The number of hydrogen-bond acceptors (Lipinski definition) is 5. The summed E-state index contributed by atoms with van der Waals surface area (Å²) in [5, 5.41) is 2.08. The van der Waals surface area contributed by atoms with Crippen molar-refractivity contribution in [3.8, 4) is 5.75 Å². The van der Waals surface area contributed by atoms with E-state index >= 15 is 0 Å². The van der Waals surface area contributed by atoms with Crippen LogP contribution >= 0.6 is 23.5 Å². The summed E-state index contributed by atoms with van der Waals surface area (Å²) in [5.41, 5.74) is 2.59. The Hall–Kier alpha value is -1.70. The quantitative estimate of drug-likeness (QED) is 0.265. The number of fused-ring (bicyclic) bond motifs is 1. The molecule has 2 heterocycles. The predicted molar refractivity (Wildman–Crippen MR) is 148 cm³/mol. The number of piperazine rings is 1. The van der Waals surface area contributed by atoms with Crippen LogP contribution in [0.25, 0.3) is 10.9 Å². The first-order valence-corrected chi connectivity index (χ1v) is 14.2. The van der Waals surface area contributed by atoms with Crippen molar-refractivity contribution in [1.82, 2.24) is 19.5 Å². The minimum absolute atomic E-state index is 0.508. The lowest BCUT2D eigenvalue weighted by Crippen LogP contribution is -2.44. The van der Waals surface area contributed by atoms with Gasteiger partial charge in [0.05, 0.1) is 6.61 Å². The molecule has 0 spiro atoms. The van der Waals surface area contributed by atoms with E-state index in [1.165, 1.54) is 66.8 Å². The van der Waals surface area contributed by atoms with E-state index in [0.29, 0.717) is 12.0 Å². The molecule has 2 atom stereocenters. The summed E-state index contributed by atoms with van der Waals surface area (Å²) in [5.74, 6) is 1.53. The Balaban J connectivity index is 1.05. The van der Waals surface area contributed by atoms with E-state index in [-0.39, 0.29) is 0 Å². The molecule has 2 fully saturated rings. The number of rotatable bonds is 9. The van der Waals surface area contributed by atoms with Crippen molar-refractivity contribution in [3.05, 3.63) is 59.2 Å². The maximum absolute atomic E-state index is 6.27. The van der Waals surface area contributed by atoms with Gasteiger partial charge in [0, 0.05) is 65.8 Å². The summed E-state index contributed by atoms with van der Waals surface area (Å²) in [6.07, 6.45) is 8.13. The van der Waals surface area contributed by atoms with Crippen molar-refractivity contribution in [3.63, 3.8) is 0 Å². The molecule has 5 nitrogen and oxygen atoms in total. The minimum Gasteiger partial charge on any atom is -0.494 e. The van der Waals surface area contributed by atoms with E-state index in [1.807, 2.05) is 6.07 Å². The van der Waals surface area contributed by atoms with Crippen molar-refractivity contribution >= 4 is 34.5 Å². The molecule has 1 aliphatic carbocycles. The molecule has 2 unspecified atom stereocenters. The first-order valence-electron chi connectivity index (χ1n) is 13.0. The molecule has 1 aromatic heterocycles. The molecule has 1 aliphatic heterocycles. The molecule has 7 heteroatoms. The molecule has 188 valence electrons. The maximum atomic E-state index is 6.27. The Kier molecular flexibility index (Phi) is 8.58. The van der Waals surface area contributed by atoms with Gasteiger partial charge in [-0.2, -0.15) is 0 Å². The highest BCUT2D eigenvalue weighted by Gasteiger charge is 2.25. The Bertz CT molecular complexity index is 1080. The van der Waals surface area contributed by atoms with Crippen molar-refractivity contribution in [2.75, 3.05) is 46.4 Å². The van der Waals surface area contributed by atoms with Gasteiger partial charge >= 0.3 is 0 Å². The largest absolute Gasteiger partial charge is 0.494 e. The maximum Gasteiger partial charge on any atom is 0.119 e. The normalized spacial score (nSPS) is 22.0. The van der Waals surface area contributed by atoms with Crippen molar-refractivity contribution in [2.45, 2.75) is 49.0 Å². The second-order valence-corrected chi connectivity index (χ2v) is 11.4. The molecule has 2 N–H and O–H groups in total. The Labute approximate surface area is 218 Å². The highest BCUT2D eigenvalue weighted by Crippen LogP contribution is 2.38. The SMILES string of the molecule is CN1CCN(CCCOc2ccc(SNC3CCCC(c4c[nH]c5ccc(Cl)cc45)C3)cc2)CC1. The zero-order valence-corrected chi connectivity index (χ0v) is 22.2. The fourth-order valence-corrected chi connectivity index (χ4v) is 6.30. The third kappa shape index (κ3) is 6.75. The number of H-pyrrole nitrogens is 1. The summed E-state index contributed by atoms with van der Waals surface area (Å²) in [6, 6.07) is 15.2. The van der Waals surface area contributed by atoms with Gasteiger partial charge in [-0.25, -0.2) is 0 Å². The van der Waals surface area contributed by atoms with Gasteiger partial charge in [0.1, 0.15) is 5.75 Å². The first kappa shape index (κ1) is 25.0. The molecule has 2 aliphatic rings. The number of halogens is 1. The van der Waals surface area contributed by atoms with E-state index in [1.54, 1.807) is 11.9 Å². The molecule has 1 saturated carbocycles. The predicted octanol–water partition coefficient (Wildman–Crippen LogP) is 6.16. The number of nitrogens with one attached hydrogen (secondary N) is 2. The van der Waals surface area contributed by atoms with Crippen LogP contribution in [0.4, 0.5) is 0 Å². The fraction of sp³-hybridized carbons (Fsp3) is 0.500. The monoisotopic (exact) mass is 512 g/mol. The van der Waals surface area contributed by atoms with E-state index < -0.39 is 0 Å². The molecule has 0 amide bonds. The van der Waals surface area contributed by atoms with Gasteiger partial charge in [0.2, 0.25) is 0 Å². The van der Waals surface area contributed by atoms with E-state index in [9.17, 15) is 0 Å². The van der Waals surface area contributed by atoms with E-state index in [2.05, 4.69) is 69.1 Å². The van der Waals surface area contributed by atoms with Crippen molar-refractivity contribution in [1.29, 1.82) is 0 Å². The van der Waals surface area contributed by atoms with Crippen LogP contribution in [0.15, 0.2) is 53.6 Å². The molecule has 0 bridgehead atoms. The van der Waals surface area contributed by atoms with Crippen LogP contribution in [0, 0.1) is 0 Å².